The Hall–Kier alpha value is -2.25. The third-order valence-electron chi connectivity index (χ3n) is 7.90. The molecule has 0 saturated heterocycles. The summed E-state index contributed by atoms with van der Waals surface area (Å²) in [5.41, 5.74) is 18.4. The predicted molar refractivity (Wildman–Crippen MR) is 160 cm³/mol. The SMILES string of the molecule is Cc1ccc(-c2c(C)c(-c3ccc4c(c3)CCCO4)c(C(OC(C)(C)C)C(=O)O)c(C)c2[N-]NC2CC2)cc1C.[Y]. The molecule has 1 fully saturated rings. The van der Waals surface area contributed by atoms with Gasteiger partial charge < -0.3 is 25.4 Å². The van der Waals surface area contributed by atoms with E-state index in [1.165, 1.54) is 11.1 Å². The molecule has 1 saturated carbocycles. The fourth-order valence-electron chi connectivity index (χ4n) is 5.57. The van der Waals surface area contributed by atoms with Gasteiger partial charge in [0, 0.05) is 38.3 Å². The first-order valence-corrected chi connectivity index (χ1v) is 14.3. The molecule has 5 rings (SSSR count). The van der Waals surface area contributed by atoms with Crippen LogP contribution < -0.4 is 10.2 Å². The minimum atomic E-state index is -1.16. The summed E-state index contributed by atoms with van der Waals surface area (Å²) in [5.74, 6) is -0.110. The maximum Gasteiger partial charge on any atom is 0.337 e. The van der Waals surface area contributed by atoms with Crippen molar-refractivity contribution in [1.29, 1.82) is 0 Å². The molecule has 215 valence electrons. The molecule has 1 heterocycles. The third-order valence-corrected chi connectivity index (χ3v) is 7.90. The molecule has 1 radical (unpaired) electrons. The Kier molecular flexibility index (Phi) is 9.70. The molecule has 1 aliphatic carbocycles. The number of ether oxygens (including phenoxy) is 2. The molecular formula is C34H41N2O4Y-. The number of benzene rings is 3. The quantitative estimate of drug-likeness (QED) is 0.245. The van der Waals surface area contributed by atoms with Crippen LogP contribution in [0.25, 0.3) is 27.7 Å². The largest absolute Gasteiger partial charge is 0.622 e. The van der Waals surface area contributed by atoms with Crippen LogP contribution in [0.1, 0.15) is 79.5 Å². The van der Waals surface area contributed by atoms with Gasteiger partial charge in [-0.2, -0.15) is 0 Å². The Morgan fingerprint density at radius 3 is 2.32 bits per heavy atom. The summed E-state index contributed by atoms with van der Waals surface area (Å²) in [6.07, 6.45) is 2.91. The van der Waals surface area contributed by atoms with Crippen LogP contribution in [0, 0.1) is 27.7 Å². The number of carbonyl (C=O) groups is 1. The second-order valence-corrected chi connectivity index (χ2v) is 12.3. The van der Waals surface area contributed by atoms with Crippen molar-refractivity contribution < 1.29 is 52.1 Å². The van der Waals surface area contributed by atoms with Crippen molar-refractivity contribution in [2.75, 3.05) is 6.61 Å². The Morgan fingerprint density at radius 1 is 1.00 bits per heavy atom. The average Bonchev–Trinajstić information content (AvgIpc) is 3.73. The monoisotopic (exact) mass is 630 g/mol. The molecule has 3 aromatic carbocycles. The van der Waals surface area contributed by atoms with Gasteiger partial charge in [0.15, 0.2) is 6.10 Å². The van der Waals surface area contributed by atoms with E-state index >= 15 is 0 Å². The van der Waals surface area contributed by atoms with Crippen molar-refractivity contribution in [2.24, 2.45) is 0 Å². The van der Waals surface area contributed by atoms with Crippen molar-refractivity contribution >= 4 is 11.7 Å². The van der Waals surface area contributed by atoms with Crippen LogP contribution in [-0.2, 0) is 48.7 Å². The van der Waals surface area contributed by atoms with Crippen molar-refractivity contribution in [2.45, 2.75) is 91.9 Å². The Labute approximate surface area is 269 Å². The Balaban J connectivity index is 0.00000387. The maximum atomic E-state index is 12.9. The van der Waals surface area contributed by atoms with Crippen LogP contribution in [0.5, 0.6) is 5.75 Å². The standard InChI is InChI=1S/C34H41N2O4.Y/c1-19-10-11-24(17-20(19)2)29-21(3)28(25-12-15-27-23(18-25)9-8-16-39-27)30(32(33(37)38)40-34(5,6)7)22(4)31(29)36-35-26-13-14-26;/h10-12,15,17-18,26,32,35H,8-9,13-14,16H2,1-7H3,(H,37,38);/q-1;. The second kappa shape index (κ2) is 12.5. The molecule has 0 aromatic heterocycles. The van der Waals surface area contributed by atoms with Gasteiger partial charge in [-0.25, -0.2) is 4.79 Å². The first kappa shape index (κ1) is 31.7. The number of rotatable bonds is 8. The van der Waals surface area contributed by atoms with E-state index in [0.717, 1.165) is 82.7 Å². The smallest absolute Gasteiger partial charge is 0.337 e. The summed E-state index contributed by atoms with van der Waals surface area (Å²) < 4.78 is 12.2. The van der Waals surface area contributed by atoms with Crippen molar-refractivity contribution in [3.63, 3.8) is 0 Å². The van der Waals surface area contributed by atoms with Gasteiger partial charge in [0.25, 0.3) is 0 Å². The summed E-state index contributed by atoms with van der Waals surface area (Å²) in [6.45, 7) is 14.7. The van der Waals surface area contributed by atoms with Crippen LogP contribution in [0.4, 0.5) is 5.69 Å². The molecular weight excluding hydrogens is 589 g/mol. The van der Waals surface area contributed by atoms with Crippen LogP contribution >= 0.6 is 0 Å². The maximum absolute atomic E-state index is 12.9. The van der Waals surface area contributed by atoms with Crippen LogP contribution in [0.2, 0.25) is 0 Å². The fraction of sp³-hybridized carbons (Fsp3) is 0.441. The number of carboxylic acids is 1. The third kappa shape index (κ3) is 6.88. The number of aliphatic carboxylic acids is 1. The molecule has 2 N–H and O–H groups in total. The van der Waals surface area contributed by atoms with Crippen molar-refractivity contribution in [3.8, 4) is 28.0 Å². The summed E-state index contributed by atoms with van der Waals surface area (Å²) in [7, 11) is 0. The molecule has 0 bridgehead atoms. The number of hydrogen-bond acceptors (Lipinski definition) is 4. The second-order valence-electron chi connectivity index (χ2n) is 12.3. The topological polar surface area (TPSA) is 81.9 Å². The summed E-state index contributed by atoms with van der Waals surface area (Å²) in [5, 5.41) is 10.5. The summed E-state index contributed by atoms with van der Waals surface area (Å²) in [6, 6.07) is 13.1. The molecule has 1 unspecified atom stereocenters. The van der Waals surface area contributed by atoms with E-state index in [1.807, 2.05) is 33.8 Å². The van der Waals surface area contributed by atoms with Gasteiger partial charge in [0.1, 0.15) is 5.75 Å². The van der Waals surface area contributed by atoms with Crippen LogP contribution in [-0.4, -0.2) is 29.3 Å². The zero-order chi connectivity index (χ0) is 28.8. The summed E-state index contributed by atoms with van der Waals surface area (Å²) >= 11 is 0. The molecule has 2 aliphatic rings. The van der Waals surface area contributed by atoms with Crippen LogP contribution in [0.3, 0.4) is 0 Å². The van der Waals surface area contributed by atoms with E-state index in [0.29, 0.717) is 11.6 Å². The normalized spacial score (nSPS) is 15.4. The van der Waals surface area contributed by atoms with E-state index in [1.54, 1.807) is 0 Å². The van der Waals surface area contributed by atoms with Gasteiger partial charge >= 0.3 is 5.97 Å². The van der Waals surface area contributed by atoms with E-state index in [4.69, 9.17) is 14.9 Å². The number of fused-ring (bicyclic) bond motifs is 1. The van der Waals surface area contributed by atoms with Gasteiger partial charge in [-0.15, -0.1) is 5.69 Å². The van der Waals surface area contributed by atoms with Gasteiger partial charge in [-0.1, -0.05) is 29.8 Å². The van der Waals surface area contributed by atoms with Crippen molar-refractivity contribution in [1.82, 2.24) is 5.43 Å². The number of hydrogen-bond donors (Lipinski definition) is 2. The summed E-state index contributed by atoms with van der Waals surface area (Å²) in [4.78, 5) is 12.9. The van der Waals surface area contributed by atoms with Crippen molar-refractivity contribution in [3.05, 3.63) is 75.2 Å². The predicted octanol–water partition coefficient (Wildman–Crippen LogP) is 8.19. The average molecular weight is 631 g/mol. The van der Waals surface area contributed by atoms with Gasteiger partial charge in [0.05, 0.1) is 12.2 Å². The van der Waals surface area contributed by atoms with Gasteiger partial charge in [-0.3, -0.25) is 0 Å². The molecule has 0 spiro atoms. The zero-order valence-electron chi connectivity index (χ0n) is 25.4. The van der Waals surface area contributed by atoms with Gasteiger partial charge in [-0.05, 0) is 137 Å². The van der Waals surface area contributed by atoms with E-state index in [-0.39, 0.29) is 32.7 Å². The first-order valence-electron chi connectivity index (χ1n) is 14.3. The number of carboxylic acid groups (broad SMARTS) is 1. The molecule has 1 atom stereocenters. The minimum Gasteiger partial charge on any atom is -0.622 e. The first-order chi connectivity index (χ1) is 18.9. The van der Waals surface area contributed by atoms with Gasteiger partial charge in [0.2, 0.25) is 0 Å². The molecule has 1 aliphatic heterocycles. The van der Waals surface area contributed by atoms with Crippen LogP contribution in [0.15, 0.2) is 36.4 Å². The number of nitrogens with zero attached hydrogens (tertiary/aromatic N) is 1. The fourth-order valence-corrected chi connectivity index (χ4v) is 5.57. The molecule has 7 heteroatoms. The van der Waals surface area contributed by atoms with E-state index in [9.17, 15) is 9.90 Å². The minimum absolute atomic E-state index is 0. The number of nitrogens with one attached hydrogen (secondary N) is 1. The zero-order valence-corrected chi connectivity index (χ0v) is 28.2. The molecule has 41 heavy (non-hydrogen) atoms. The Bertz CT molecular complexity index is 1460. The number of aryl methyl sites for hydroxylation is 3. The molecule has 3 aromatic rings. The molecule has 0 amide bonds. The molecule has 6 nitrogen and oxygen atoms in total. The van der Waals surface area contributed by atoms with E-state index < -0.39 is 17.7 Å². The van der Waals surface area contributed by atoms with E-state index in [2.05, 4.69) is 56.5 Å². The Morgan fingerprint density at radius 2 is 1.68 bits per heavy atom.